The first-order valence-electron chi connectivity index (χ1n) is 11.9. The second-order valence-corrected chi connectivity index (χ2v) is 9.64. The highest BCUT2D eigenvalue weighted by molar-refractivity contribution is 5.75. The van der Waals surface area contributed by atoms with Gasteiger partial charge < -0.3 is 15.1 Å². The highest BCUT2D eigenvalue weighted by atomic mass is 16.2. The Morgan fingerprint density at radius 2 is 2.06 bits per heavy atom. The van der Waals surface area contributed by atoms with Crippen molar-refractivity contribution in [3.8, 4) is 0 Å². The summed E-state index contributed by atoms with van der Waals surface area (Å²) in [4.78, 5) is 17.7. The van der Waals surface area contributed by atoms with Crippen molar-refractivity contribution in [2.45, 2.75) is 50.9 Å². The molecular formula is C24H35N7O. The third-order valence-electron chi connectivity index (χ3n) is 7.53. The second-order valence-electron chi connectivity index (χ2n) is 9.64. The van der Waals surface area contributed by atoms with E-state index in [1.807, 2.05) is 15.8 Å². The number of nitrogens with one attached hydrogen (secondary N) is 3. The number of carbonyl (C=O) groups is 1. The zero-order valence-corrected chi connectivity index (χ0v) is 19.3. The van der Waals surface area contributed by atoms with Crippen LogP contribution in [0.25, 0.3) is 0 Å². The van der Waals surface area contributed by atoms with Crippen molar-refractivity contribution in [2.24, 2.45) is 5.92 Å². The predicted octanol–water partition coefficient (Wildman–Crippen LogP) is 1.86. The van der Waals surface area contributed by atoms with Gasteiger partial charge in [0.2, 0.25) is 0 Å². The lowest BCUT2D eigenvalue weighted by atomic mass is 9.86. The summed E-state index contributed by atoms with van der Waals surface area (Å²) in [5.74, 6) is 0.660. The van der Waals surface area contributed by atoms with Crippen molar-refractivity contribution in [3.05, 3.63) is 53.3 Å². The fraction of sp³-hybridized carbons (Fsp3) is 0.583. The normalized spacial score (nSPS) is 30.5. The monoisotopic (exact) mass is 437 g/mol. The Morgan fingerprint density at radius 3 is 2.84 bits per heavy atom. The summed E-state index contributed by atoms with van der Waals surface area (Å²) in [6.07, 6.45) is 5.02. The summed E-state index contributed by atoms with van der Waals surface area (Å²) in [5.41, 5.74) is 10.7. The summed E-state index contributed by atoms with van der Waals surface area (Å²) in [7, 11) is 2.14. The standard InChI is InChI=1S/C24H35N7O/c1-4-31-12-17(11-25-31)23-20-14-30(10-9-21(20)27-28-23)24(32)26-22-15-29(3)13-19(22)18-8-6-5-7-16(18)2/h5-8,11-12,19-23,27-28H,4,9-10,13-15H2,1-3H3,(H,26,32). The molecular weight excluding hydrogens is 402 g/mol. The highest BCUT2D eigenvalue weighted by Gasteiger charge is 2.43. The second kappa shape index (κ2) is 8.84. The number of amides is 2. The maximum Gasteiger partial charge on any atom is 0.317 e. The van der Waals surface area contributed by atoms with E-state index < -0.39 is 0 Å². The van der Waals surface area contributed by atoms with Gasteiger partial charge in [-0.3, -0.25) is 10.1 Å². The summed E-state index contributed by atoms with van der Waals surface area (Å²) in [5, 5.41) is 7.83. The Hall–Kier alpha value is -2.42. The first-order chi connectivity index (χ1) is 15.5. The van der Waals surface area contributed by atoms with Crippen LogP contribution in [0.5, 0.6) is 0 Å². The number of hydrogen-bond acceptors (Lipinski definition) is 5. The zero-order valence-electron chi connectivity index (χ0n) is 19.3. The molecule has 4 heterocycles. The zero-order chi connectivity index (χ0) is 22.2. The lowest BCUT2D eigenvalue weighted by Gasteiger charge is -2.37. The molecule has 1 aromatic heterocycles. The van der Waals surface area contributed by atoms with E-state index in [1.54, 1.807) is 0 Å². The molecule has 8 nitrogen and oxygen atoms in total. The average molecular weight is 438 g/mol. The Labute approximate surface area is 190 Å². The molecule has 0 radical (unpaired) electrons. The van der Waals surface area contributed by atoms with Crippen LogP contribution in [0.3, 0.4) is 0 Å². The van der Waals surface area contributed by atoms with Gasteiger partial charge in [-0.1, -0.05) is 24.3 Å². The fourth-order valence-corrected chi connectivity index (χ4v) is 5.75. The molecule has 3 N–H and O–H groups in total. The SMILES string of the molecule is CCn1cc(C2NNC3CCN(C(=O)NC4CN(C)CC4c4ccccc4C)CC32)cn1. The first-order valence-corrected chi connectivity index (χ1v) is 11.9. The quantitative estimate of drug-likeness (QED) is 0.681. The van der Waals surface area contributed by atoms with Gasteiger partial charge in [-0.25, -0.2) is 10.2 Å². The predicted molar refractivity (Wildman–Crippen MR) is 124 cm³/mol. The molecule has 0 saturated carbocycles. The van der Waals surface area contributed by atoms with Crippen molar-refractivity contribution in [1.82, 2.24) is 35.7 Å². The number of hydrazine groups is 1. The minimum absolute atomic E-state index is 0.0669. The van der Waals surface area contributed by atoms with Crippen LogP contribution in [-0.2, 0) is 6.54 Å². The molecule has 5 rings (SSSR count). The average Bonchev–Trinajstić information content (AvgIpc) is 3.51. The summed E-state index contributed by atoms with van der Waals surface area (Å²) in [6.45, 7) is 8.50. The number of hydrogen-bond donors (Lipinski definition) is 3. The van der Waals surface area contributed by atoms with Crippen LogP contribution < -0.4 is 16.2 Å². The van der Waals surface area contributed by atoms with Gasteiger partial charge >= 0.3 is 6.03 Å². The van der Waals surface area contributed by atoms with Crippen molar-refractivity contribution >= 4 is 6.03 Å². The van der Waals surface area contributed by atoms with Crippen molar-refractivity contribution in [2.75, 3.05) is 33.2 Å². The minimum atomic E-state index is 0.0669. The van der Waals surface area contributed by atoms with Crippen molar-refractivity contribution < 1.29 is 4.79 Å². The van der Waals surface area contributed by atoms with Crippen LogP contribution in [0, 0.1) is 12.8 Å². The number of nitrogens with zero attached hydrogens (tertiary/aromatic N) is 4. The minimum Gasteiger partial charge on any atom is -0.333 e. The summed E-state index contributed by atoms with van der Waals surface area (Å²) < 4.78 is 1.96. The van der Waals surface area contributed by atoms with Gasteiger partial charge in [0.25, 0.3) is 0 Å². The van der Waals surface area contributed by atoms with Crippen LogP contribution >= 0.6 is 0 Å². The van der Waals surface area contributed by atoms with E-state index in [4.69, 9.17) is 0 Å². The van der Waals surface area contributed by atoms with Crippen LogP contribution in [0.2, 0.25) is 0 Å². The number of carbonyl (C=O) groups excluding carboxylic acids is 1. The largest absolute Gasteiger partial charge is 0.333 e. The number of likely N-dealkylation sites (tertiary alicyclic amines) is 2. The molecule has 0 spiro atoms. The van der Waals surface area contributed by atoms with Gasteiger partial charge in [0.05, 0.1) is 18.3 Å². The number of urea groups is 1. The molecule has 0 aliphatic carbocycles. The molecule has 3 fully saturated rings. The molecule has 3 aliphatic rings. The summed E-state index contributed by atoms with van der Waals surface area (Å²) in [6, 6.07) is 9.31. The lowest BCUT2D eigenvalue weighted by Crippen LogP contribution is -2.53. The molecule has 2 aromatic rings. The van der Waals surface area contributed by atoms with Gasteiger partial charge in [0, 0.05) is 62.4 Å². The third kappa shape index (κ3) is 4.02. The molecule has 5 unspecified atom stereocenters. The number of fused-ring (bicyclic) bond motifs is 1. The van der Waals surface area contributed by atoms with Crippen LogP contribution in [-0.4, -0.2) is 70.9 Å². The Kier molecular flexibility index (Phi) is 5.92. The number of piperidine rings is 1. The van der Waals surface area contributed by atoms with Crippen molar-refractivity contribution in [3.63, 3.8) is 0 Å². The molecule has 8 heteroatoms. The van der Waals surface area contributed by atoms with E-state index in [9.17, 15) is 4.79 Å². The van der Waals surface area contributed by atoms with E-state index in [-0.39, 0.29) is 18.1 Å². The number of likely N-dealkylation sites (N-methyl/N-ethyl adjacent to an activating group) is 1. The first kappa shape index (κ1) is 21.4. The molecule has 1 aromatic carbocycles. The van der Waals surface area contributed by atoms with Crippen molar-refractivity contribution in [1.29, 1.82) is 0 Å². The number of rotatable bonds is 4. The molecule has 5 atom stereocenters. The highest BCUT2D eigenvalue weighted by Crippen LogP contribution is 2.34. The van der Waals surface area contributed by atoms with Gasteiger partial charge in [-0.05, 0) is 38.4 Å². The smallest absolute Gasteiger partial charge is 0.317 e. The van der Waals surface area contributed by atoms with E-state index in [0.29, 0.717) is 17.9 Å². The fourth-order valence-electron chi connectivity index (χ4n) is 5.75. The molecule has 0 bridgehead atoms. The van der Waals surface area contributed by atoms with E-state index >= 15 is 0 Å². The third-order valence-corrected chi connectivity index (χ3v) is 7.53. The Morgan fingerprint density at radius 1 is 1.22 bits per heavy atom. The molecule has 2 amide bonds. The van der Waals surface area contributed by atoms with Gasteiger partial charge in [0.1, 0.15) is 0 Å². The number of aryl methyl sites for hydroxylation is 2. The van der Waals surface area contributed by atoms with Crippen LogP contribution in [0.1, 0.15) is 42.0 Å². The number of benzene rings is 1. The Balaban J connectivity index is 1.27. The van der Waals surface area contributed by atoms with Gasteiger partial charge in [0.15, 0.2) is 0 Å². The lowest BCUT2D eigenvalue weighted by molar-refractivity contribution is 0.151. The molecule has 32 heavy (non-hydrogen) atoms. The molecule has 3 saturated heterocycles. The van der Waals surface area contributed by atoms with Crippen LogP contribution in [0.4, 0.5) is 4.79 Å². The van der Waals surface area contributed by atoms with E-state index in [0.717, 1.165) is 39.1 Å². The van der Waals surface area contributed by atoms with Gasteiger partial charge in [-0.15, -0.1) is 0 Å². The van der Waals surface area contributed by atoms with Crippen LogP contribution in [0.15, 0.2) is 36.7 Å². The summed E-state index contributed by atoms with van der Waals surface area (Å²) >= 11 is 0. The maximum absolute atomic E-state index is 13.3. The van der Waals surface area contributed by atoms with E-state index in [1.165, 1.54) is 16.7 Å². The number of aromatic nitrogens is 2. The topological polar surface area (TPSA) is 77.5 Å². The Bertz CT molecular complexity index is 959. The molecule has 172 valence electrons. The maximum atomic E-state index is 13.3. The van der Waals surface area contributed by atoms with E-state index in [2.05, 4.69) is 77.5 Å². The molecule has 3 aliphatic heterocycles. The van der Waals surface area contributed by atoms with Gasteiger partial charge in [-0.2, -0.15) is 5.10 Å².